The van der Waals surface area contributed by atoms with Gasteiger partial charge >= 0.3 is 5.97 Å². The lowest BCUT2D eigenvalue weighted by molar-refractivity contribution is -0.116. The van der Waals surface area contributed by atoms with Gasteiger partial charge in [-0.3, -0.25) is 4.79 Å². The van der Waals surface area contributed by atoms with Crippen molar-refractivity contribution in [2.45, 2.75) is 44.9 Å². The number of rotatable bonds is 5. The molecule has 1 amide bonds. The van der Waals surface area contributed by atoms with Crippen molar-refractivity contribution in [3.05, 3.63) is 16.0 Å². The standard InChI is InChI=1S/C15H20BrNO3S/c1-4-20-15(19)11-9-6-5-7-10(9)21-14(11)17-13(18)12(16)8(2)3/h8,12H,4-7H2,1-3H3,(H,17,18). The Morgan fingerprint density at radius 2 is 2.10 bits per heavy atom. The van der Waals surface area contributed by atoms with Crippen LogP contribution >= 0.6 is 27.3 Å². The van der Waals surface area contributed by atoms with Gasteiger partial charge in [-0.05, 0) is 37.7 Å². The maximum atomic E-state index is 12.2. The first-order valence-corrected chi connectivity index (χ1v) is 8.95. The minimum Gasteiger partial charge on any atom is -0.462 e. The zero-order chi connectivity index (χ0) is 15.6. The van der Waals surface area contributed by atoms with Gasteiger partial charge in [-0.2, -0.15) is 0 Å². The Balaban J connectivity index is 2.27. The molecule has 0 aromatic carbocycles. The lowest BCUT2D eigenvalue weighted by atomic mass is 10.1. The van der Waals surface area contributed by atoms with E-state index in [1.54, 1.807) is 6.92 Å². The molecule has 1 aromatic heterocycles. The molecule has 1 unspecified atom stereocenters. The van der Waals surface area contributed by atoms with E-state index in [2.05, 4.69) is 21.2 Å². The highest BCUT2D eigenvalue weighted by molar-refractivity contribution is 9.10. The van der Waals surface area contributed by atoms with Crippen LogP contribution in [0, 0.1) is 5.92 Å². The number of aryl methyl sites for hydroxylation is 1. The summed E-state index contributed by atoms with van der Waals surface area (Å²) in [7, 11) is 0. The fourth-order valence-corrected chi connectivity index (χ4v) is 3.79. The van der Waals surface area contributed by atoms with Gasteiger partial charge in [-0.15, -0.1) is 11.3 Å². The van der Waals surface area contributed by atoms with Gasteiger partial charge in [-0.25, -0.2) is 4.79 Å². The first-order valence-electron chi connectivity index (χ1n) is 7.22. The zero-order valence-electron chi connectivity index (χ0n) is 12.5. The number of carbonyl (C=O) groups is 2. The summed E-state index contributed by atoms with van der Waals surface area (Å²) in [5.41, 5.74) is 1.62. The normalized spacial score (nSPS) is 14.9. The van der Waals surface area contributed by atoms with E-state index in [-0.39, 0.29) is 22.6 Å². The highest BCUT2D eigenvalue weighted by Crippen LogP contribution is 2.39. The number of esters is 1. The van der Waals surface area contributed by atoms with E-state index in [0.717, 1.165) is 24.8 Å². The van der Waals surface area contributed by atoms with E-state index in [1.807, 2.05) is 13.8 Å². The Morgan fingerprint density at radius 1 is 1.38 bits per heavy atom. The molecule has 0 saturated carbocycles. The molecule has 116 valence electrons. The maximum absolute atomic E-state index is 12.2. The number of halogens is 1. The molecule has 21 heavy (non-hydrogen) atoms. The van der Waals surface area contributed by atoms with Gasteiger partial charge in [0.2, 0.25) is 5.91 Å². The van der Waals surface area contributed by atoms with Gasteiger partial charge in [0.25, 0.3) is 0 Å². The maximum Gasteiger partial charge on any atom is 0.341 e. The fraction of sp³-hybridized carbons (Fsp3) is 0.600. The molecule has 0 radical (unpaired) electrons. The molecular weight excluding hydrogens is 354 g/mol. The highest BCUT2D eigenvalue weighted by Gasteiger charge is 2.29. The van der Waals surface area contributed by atoms with Crippen molar-refractivity contribution in [1.29, 1.82) is 0 Å². The van der Waals surface area contributed by atoms with Crippen molar-refractivity contribution in [1.82, 2.24) is 0 Å². The molecule has 1 atom stereocenters. The van der Waals surface area contributed by atoms with Gasteiger partial charge in [-0.1, -0.05) is 29.8 Å². The minimum atomic E-state index is -0.331. The van der Waals surface area contributed by atoms with Crippen molar-refractivity contribution in [3.63, 3.8) is 0 Å². The van der Waals surface area contributed by atoms with Crippen LogP contribution in [0.25, 0.3) is 0 Å². The van der Waals surface area contributed by atoms with Crippen LogP contribution in [0.15, 0.2) is 0 Å². The summed E-state index contributed by atoms with van der Waals surface area (Å²) in [4.78, 5) is 25.3. The van der Waals surface area contributed by atoms with E-state index in [0.29, 0.717) is 17.2 Å². The van der Waals surface area contributed by atoms with Gasteiger partial charge in [0.15, 0.2) is 0 Å². The SMILES string of the molecule is CCOC(=O)c1c(NC(=O)C(Br)C(C)C)sc2c1CCC2. The van der Waals surface area contributed by atoms with Crippen molar-refractivity contribution in [3.8, 4) is 0 Å². The summed E-state index contributed by atoms with van der Waals surface area (Å²) in [6, 6.07) is 0. The van der Waals surface area contributed by atoms with E-state index in [9.17, 15) is 9.59 Å². The second kappa shape index (κ2) is 6.92. The Labute approximate surface area is 137 Å². The monoisotopic (exact) mass is 373 g/mol. The summed E-state index contributed by atoms with van der Waals surface area (Å²) in [5.74, 6) is -0.263. The van der Waals surface area contributed by atoms with Crippen LogP contribution in [-0.4, -0.2) is 23.3 Å². The number of alkyl halides is 1. The van der Waals surface area contributed by atoms with Crippen LogP contribution in [-0.2, 0) is 22.4 Å². The number of amides is 1. The summed E-state index contributed by atoms with van der Waals surface area (Å²) in [6.07, 6.45) is 2.93. The number of fused-ring (bicyclic) bond motifs is 1. The first-order chi connectivity index (χ1) is 9.95. The first kappa shape index (κ1) is 16.5. The van der Waals surface area contributed by atoms with Crippen LogP contribution < -0.4 is 5.32 Å². The van der Waals surface area contributed by atoms with Crippen LogP contribution in [0.2, 0.25) is 0 Å². The highest BCUT2D eigenvalue weighted by atomic mass is 79.9. The van der Waals surface area contributed by atoms with E-state index in [4.69, 9.17) is 4.74 Å². The third kappa shape index (κ3) is 3.48. The second-order valence-electron chi connectivity index (χ2n) is 5.42. The largest absolute Gasteiger partial charge is 0.462 e. The molecule has 0 aliphatic heterocycles. The second-order valence-corrected chi connectivity index (χ2v) is 7.51. The van der Waals surface area contributed by atoms with Gasteiger partial charge in [0.05, 0.1) is 17.0 Å². The predicted molar refractivity (Wildman–Crippen MR) is 88.5 cm³/mol. The average molecular weight is 374 g/mol. The number of nitrogens with one attached hydrogen (secondary N) is 1. The molecule has 0 bridgehead atoms. The zero-order valence-corrected chi connectivity index (χ0v) is 14.9. The molecule has 6 heteroatoms. The third-order valence-corrected chi connectivity index (χ3v) is 6.15. The van der Waals surface area contributed by atoms with Crippen molar-refractivity contribution in [2.75, 3.05) is 11.9 Å². The van der Waals surface area contributed by atoms with Crippen molar-refractivity contribution in [2.24, 2.45) is 5.92 Å². The summed E-state index contributed by atoms with van der Waals surface area (Å²) in [6.45, 7) is 6.07. The molecule has 2 rings (SSSR count). The number of hydrogen-bond acceptors (Lipinski definition) is 4. The quantitative estimate of drug-likeness (QED) is 0.631. The van der Waals surface area contributed by atoms with Crippen LogP contribution in [0.4, 0.5) is 5.00 Å². The molecule has 4 nitrogen and oxygen atoms in total. The number of carbonyl (C=O) groups excluding carboxylic acids is 2. The van der Waals surface area contributed by atoms with Crippen molar-refractivity contribution < 1.29 is 14.3 Å². The number of anilines is 1. The molecule has 0 spiro atoms. The Morgan fingerprint density at radius 3 is 2.71 bits per heavy atom. The lowest BCUT2D eigenvalue weighted by Crippen LogP contribution is -2.27. The average Bonchev–Trinajstić information content (AvgIpc) is 2.97. The van der Waals surface area contributed by atoms with E-state index >= 15 is 0 Å². The molecular formula is C15H20BrNO3S. The van der Waals surface area contributed by atoms with E-state index in [1.165, 1.54) is 16.2 Å². The lowest BCUT2D eigenvalue weighted by Gasteiger charge is -2.14. The molecule has 1 aliphatic rings. The number of hydrogen-bond donors (Lipinski definition) is 1. The Hall–Kier alpha value is -0.880. The Bertz CT molecular complexity index is 553. The smallest absolute Gasteiger partial charge is 0.341 e. The number of ether oxygens (including phenoxy) is 1. The molecule has 1 N–H and O–H groups in total. The topological polar surface area (TPSA) is 55.4 Å². The van der Waals surface area contributed by atoms with Crippen molar-refractivity contribution >= 4 is 44.1 Å². The summed E-state index contributed by atoms with van der Waals surface area (Å²) < 4.78 is 5.15. The van der Waals surface area contributed by atoms with Crippen LogP contribution in [0.5, 0.6) is 0 Å². The summed E-state index contributed by atoms with van der Waals surface area (Å²) >= 11 is 4.90. The van der Waals surface area contributed by atoms with Gasteiger partial charge in [0, 0.05) is 4.88 Å². The fourth-order valence-electron chi connectivity index (χ4n) is 2.40. The van der Waals surface area contributed by atoms with Gasteiger partial charge in [0.1, 0.15) is 5.00 Å². The minimum absolute atomic E-state index is 0.115. The van der Waals surface area contributed by atoms with Gasteiger partial charge < -0.3 is 10.1 Å². The molecule has 1 heterocycles. The van der Waals surface area contributed by atoms with Crippen LogP contribution in [0.1, 0.15) is 48.0 Å². The third-order valence-electron chi connectivity index (χ3n) is 3.47. The predicted octanol–water partition coefficient (Wildman–Crippen LogP) is 3.77. The molecule has 0 saturated heterocycles. The summed E-state index contributed by atoms with van der Waals surface area (Å²) in [5, 5.41) is 3.52. The molecule has 1 aromatic rings. The number of thiophene rings is 1. The van der Waals surface area contributed by atoms with E-state index < -0.39 is 0 Å². The van der Waals surface area contributed by atoms with Crippen LogP contribution in [0.3, 0.4) is 0 Å². The molecule has 1 aliphatic carbocycles. The Kier molecular flexibility index (Phi) is 5.43. The molecule has 0 fully saturated rings.